The Morgan fingerprint density at radius 1 is 1.20 bits per heavy atom. The smallest absolute Gasteiger partial charge is 0.156 e. The van der Waals surface area contributed by atoms with Gasteiger partial charge in [-0.15, -0.1) is 0 Å². The van der Waals surface area contributed by atoms with Crippen molar-refractivity contribution in [3.8, 4) is 5.82 Å². The third-order valence-electron chi connectivity index (χ3n) is 3.42. The second-order valence-corrected chi connectivity index (χ2v) is 5.89. The summed E-state index contributed by atoms with van der Waals surface area (Å²) < 4.78 is 3.84. The minimum Gasteiger partial charge on any atom is -0.310 e. The van der Waals surface area contributed by atoms with Gasteiger partial charge in [0.2, 0.25) is 0 Å². The fourth-order valence-electron chi connectivity index (χ4n) is 2.25. The molecule has 2 aromatic rings. The molecule has 0 saturated heterocycles. The van der Waals surface area contributed by atoms with Gasteiger partial charge in [-0.05, 0) is 18.9 Å². The summed E-state index contributed by atoms with van der Waals surface area (Å²) in [6, 6.07) is 2.53. The predicted octanol–water partition coefficient (Wildman–Crippen LogP) is 2.54. The largest absolute Gasteiger partial charge is 0.310 e. The van der Waals surface area contributed by atoms with Crippen molar-refractivity contribution in [1.29, 1.82) is 0 Å². The van der Waals surface area contributed by atoms with Crippen LogP contribution in [0, 0.1) is 6.92 Å². The van der Waals surface area contributed by atoms with Gasteiger partial charge >= 0.3 is 0 Å². The molecule has 2 aromatic heterocycles. The first kappa shape index (κ1) is 14.8. The van der Waals surface area contributed by atoms with Crippen LogP contribution >= 0.6 is 0 Å². The summed E-state index contributed by atoms with van der Waals surface area (Å²) in [6.07, 6.45) is 2.02. The van der Waals surface area contributed by atoms with Crippen molar-refractivity contribution >= 4 is 0 Å². The lowest BCUT2D eigenvalue weighted by molar-refractivity contribution is 0.583. The third kappa shape index (κ3) is 2.93. The summed E-state index contributed by atoms with van der Waals surface area (Å²) in [7, 11) is 1.97. The van der Waals surface area contributed by atoms with Gasteiger partial charge in [-0.1, -0.05) is 27.7 Å². The van der Waals surface area contributed by atoms with Crippen LogP contribution in [0.5, 0.6) is 0 Å². The molecule has 0 radical (unpaired) electrons. The highest BCUT2D eigenvalue weighted by atomic mass is 15.4. The minimum absolute atomic E-state index is 0.433. The molecular weight excluding hydrogens is 250 g/mol. The maximum Gasteiger partial charge on any atom is 0.156 e. The quantitative estimate of drug-likeness (QED) is 0.912. The maximum absolute atomic E-state index is 4.67. The normalized spacial score (nSPS) is 11.8. The fraction of sp³-hybridized carbons (Fsp3) is 0.600. The van der Waals surface area contributed by atoms with Gasteiger partial charge < -0.3 is 5.32 Å². The van der Waals surface area contributed by atoms with E-state index in [1.54, 1.807) is 0 Å². The second kappa shape index (κ2) is 5.79. The Morgan fingerprint density at radius 2 is 1.90 bits per heavy atom. The van der Waals surface area contributed by atoms with Crippen molar-refractivity contribution in [2.45, 2.75) is 53.1 Å². The van der Waals surface area contributed by atoms with E-state index in [0.717, 1.165) is 23.8 Å². The lowest BCUT2D eigenvalue weighted by atomic mass is 10.1. The van der Waals surface area contributed by atoms with Crippen LogP contribution in [-0.4, -0.2) is 25.6 Å². The Morgan fingerprint density at radius 3 is 2.45 bits per heavy atom. The topological polar surface area (TPSA) is 47.7 Å². The molecule has 1 N–H and O–H groups in total. The number of rotatable bonds is 5. The van der Waals surface area contributed by atoms with Crippen LogP contribution in [0.25, 0.3) is 5.82 Å². The molecule has 2 rings (SSSR count). The molecule has 0 amide bonds. The Bertz CT molecular complexity index is 577. The van der Waals surface area contributed by atoms with Crippen LogP contribution in [-0.2, 0) is 13.6 Å². The maximum atomic E-state index is 4.67. The SMILES string of the molecule is Cc1nn(C)c(-n2ccc(C(C)C)n2)c1CNC(C)C. The molecule has 0 saturated carbocycles. The number of hydrogen-bond donors (Lipinski definition) is 1. The first-order valence-corrected chi connectivity index (χ1v) is 7.22. The summed E-state index contributed by atoms with van der Waals surface area (Å²) in [6.45, 7) is 11.5. The van der Waals surface area contributed by atoms with Gasteiger partial charge in [-0.3, -0.25) is 4.68 Å². The predicted molar refractivity (Wildman–Crippen MR) is 81.1 cm³/mol. The van der Waals surface area contributed by atoms with Gasteiger partial charge in [0, 0.05) is 31.4 Å². The standard InChI is InChI=1S/C15H25N5/c1-10(2)14-7-8-20(18-14)15-13(9-16-11(3)4)12(5)17-19(15)6/h7-8,10-11,16H,9H2,1-6H3. The minimum atomic E-state index is 0.433. The van der Waals surface area contributed by atoms with Gasteiger partial charge in [-0.25, -0.2) is 4.68 Å². The third-order valence-corrected chi connectivity index (χ3v) is 3.42. The van der Waals surface area contributed by atoms with Crippen molar-refractivity contribution in [1.82, 2.24) is 24.9 Å². The first-order valence-electron chi connectivity index (χ1n) is 7.22. The van der Waals surface area contributed by atoms with E-state index in [9.17, 15) is 0 Å². The molecule has 0 aliphatic rings. The van der Waals surface area contributed by atoms with Crippen LogP contribution < -0.4 is 5.32 Å². The van der Waals surface area contributed by atoms with E-state index in [1.165, 1.54) is 5.56 Å². The van der Waals surface area contributed by atoms with E-state index < -0.39 is 0 Å². The molecule has 2 heterocycles. The van der Waals surface area contributed by atoms with E-state index in [2.05, 4.69) is 49.3 Å². The van der Waals surface area contributed by atoms with E-state index in [4.69, 9.17) is 0 Å². The molecule has 5 heteroatoms. The molecule has 0 aliphatic heterocycles. The van der Waals surface area contributed by atoms with Crippen LogP contribution in [0.3, 0.4) is 0 Å². The first-order chi connectivity index (χ1) is 9.40. The van der Waals surface area contributed by atoms with Gasteiger partial charge in [0.05, 0.1) is 11.4 Å². The zero-order chi connectivity index (χ0) is 14.9. The Labute approximate surface area is 121 Å². The molecule has 0 atom stereocenters. The number of hydrogen-bond acceptors (Lipinski definition) is 3. The van der Waals surface area contributed by atoms with Crippen LogP contribution in [0.15, 0.2) is 12.3 Å². The number of nitrogens with zero attached hydrogens (tertiary/aromatic N) is 4. The van der Waals surface area contributed by atoms with E-state index in [1.807, 2.05) is 29.5 Å². The molecule has 5 nitrogen and oxygen atoms in total. The highest BCUT2D eigenvalue weighted by Gasteiger charge is 2.16. The van der Waals surface area contributed by atoms with Crippen molar-refractivity contribution in [2.24, 2.45) is 7.05 Å². The summed E-state index contributed by atoms with van der Waals surface area (Å²) in [5.74, 6) is 1.48. The van der Waals surface area contributed by atoms with Gasteiger partial charge in [0.25, 0.3) is 0 Å². The zero-order valence-electron chi connectivity index (χ0n) is 13.3. The number of aryl methyl sites for hydroxylation is 2. The lowest BCUT2D eigenvalue weighted by Gasteiger charge is -2.10. The number of aromatic nitrogens is 4. The molecule has 0 fully saturated rings. The Balaban J connectivity index is 2.38. The monoisotopic (exact) mass is 275 g/mol. The van der Waals surface area contributed by atoms with E-state index >= 15 is 0 Å². The van der Waals surface area contributed by atoms with Gasteiger partial charge in [-0.2, -0.15) is 10.2 Å². The van der Waals surface area contributed by atoms with Crippen molar-refractivity contribution in [3.63, 3.8) is 0 Å². The zero-order valence-corrected chi connectivity index (χ0v) is 13.3. The Kier molecular flexibility index (Phi) is 4.28. The molecule has 20 heavy (non-hydrogen) atoms. The molecule has 0 aromatic carbocycles. The average Bonchev–Trinajstić information content (AvgIpc) is 2.91. The fourth-order valence-corrected chi connectivity index (χ4v) is 2.25. The summed E-state index contributed by atoms with van der Waals surface area (Å²) in [5.41, 5.74) is 3.36. The molecule has 0 bridgehead atoms. The molecule has 0 spiro atoms. The van der Waals surface area contributed by atoms with Crippen LogP contribution in [0.4, 0.5) is 0 Å². The summed E-state index contributed by atoms with van der Waals surface area (Å²) >= 11 is 0. The molecule has 0 aliphatic carbocycles. The highest BCUT2D eigenvalue weighted by Crippen LogP contribution is 2.19. The summed E-state index contributed by atoms with van der Waals surface area (Å²) in [4.78, 5) is 0. The van der Waals surface area contributed by atoms with Crippen molar-refractivity contribution in [2.75, 3.05) is 0 Å². The number of nitrogens with one attached hydrogen (secondary N) is 1. The molecule has 0 unspecified atom stereocenters. The molecular formula is C15H25N5. The summed E-state index contributed by atoms with van der Waals surface area (Å²) in [5, 5.41) is 12.7. The van der Waals surface area contributed by atoms with E-state index in [-0.39, 0.29) is 0 Å². The highest BCUT2D eigenvalue weighted by molar-refractivity contribution is 5.37. The van der Waals surface area contributed by atoms with Crippen LogP contribution in [0.2, 0.25) is 0 Å². The Hall–Kier alpha value is -1.62. The van der Waals surface area contributed by atoms with Gasteiger partial charge in [0.15, 0.2) is 5.82 Å². The van der Waals surface area contributed by atoms with Crippen molar-refractivity contribution in [3.05, 3.63) is 29.2 Å². The lowest BCUT2D eigenvalue weighted by Crippen LogP contribution is -2.23. The average molecular weight is 275 g/mol. The van der Waals surface area contributed by atoms with Crippen LogP contribution in [0.1, 0.15) is 50.6 Å². The van der Waals surface area contributed by atoms with Crippen molar-refractivity contribution < 1.29 is 0 Å². The second-order valence-electron chi connectivity index (χ2n) is 5.89. The van der Waals surface area contributed by atoms with Gasteiger partial charge in [0.1, 0.15) is 0 Å². The molecule has 110 valence electrons. The van der Waals surface area contributed by atoms with E-state index in [0.29, 0.717) is 12.0 Å².